The normalized spacial score (nSPS) is 13.2. The van der Waals surface area contributed by atoms with Crippen molar-refractivity contribution in [1.82, 2.24) is 9.55 Å². The minimum Gasteiger partial charge on any atom is -0.325 e. The third-order valence-electron chi connectivity index (χ3n) is 5.29. The molecule has 2 aromatic carbocycles. The van der Waals surface area contributed by atoms with E-state index in [-0.39, 0.29) is 11.5 Å². The lowest BCUT2D eigenvalue weighted by molar-refractivity contribution is -0.115. The van der Waals surface area contributed by atoms with Crippen LogP contribution in [0.5, 0.6) is 0 Å². The Bertz CT molecular complexity index is 1090. The molecule has 3 aromatic rings. The molecular weight excluding hydrogens is 394 g/mol. The lowest BCUT2D eigenvalue weighted by Crippen LogP contribution is -2.27. The minimum absolute atomic E-state index is 0.0559. The molecule has 1 N–H and O–H groups in total. The lowest BCUT2D eigenvalue weighted by Gasteiger charge is -2.19. The van der Waals surface area contributed by atoms with E-state index in [9.17, 15) is 9.59 Å². The highest BCUT2D eigenvalue weighted by Gasteiger charge is 2.20. The number of fused-ring (bicyclic) bond motifs is 1. The Morgan fingerprint density at radius 1 is 1.10 bits per heavy atom. The number of hydrogen-bond donors (Lipinski definition) is 1. The summed E-state index contributed by atoms with van der Waals surface area (Å²) in [5.41, 5.74) is 2.59. The van der Waals surface area contributed by atoms with Crippen LogP contribution in [-0.4, -0.2) is 20.7 Å². The zero-order chi connectivity index (χ0) is 21.7. The van der Waals surface area contributed by atoms with E-state index in [4.69, 9.17) is 0 Å². The standard InChI is InChI=1S/C24H29N3O2S/c1-5-15-27-23(29)19-12-8-10-14-21(19)26-24(27)30-17(4)22(28)25-20-13-9-7-11-18(20)16(3)6-2/h7-14,16-17H,5-6,15H2,1-4H3,(H,25,28)/t16-,17+/m0/s1. The van der Waals surface area contributed by atoms with Gasteiger partial charge in [0, 0.05) is 12.2 Å². The zero-order valence-corrected chi connectivity index (χ0v) is 18.8. The number of hydrogen-bond acceptors (Lipinski definition) is 4. The number of rotatable bonds is 8. The van der Waals surface area contributed by atoms with Gasteiger partial charge < -0.3 is 5.32 Å². The van der Waals surface area contributed by atoms with Crippen LogP contribution < -0.4 is 10.9 Å². The quantitative estimate of drug-likeness (QED) is 0.387. The second-order valence-electron chi connectivity index (χ2n) is 7.51. The molecule has 0 saturated heterocycles. The second-order valence-corrected chi connectivity index (χ2v) is 8.82. The minimum atomic E-state index is -0.397. The summed E-state index contributed by atoms with van der Waals surface area (Å²) < 4.78 is 1.68. The van der Waals surface area contributed by atoms with Gasteiger partial charge in [0.2, 0.25) is 5.91 Å². The molecule has 0 fully saturated rings. The molecule has 0 spiro atoms. The number of thioether (sulfide) groups is 1. The van der Waals surface area contributed by atoms with E-state index in [1.807, 2.05) is 50.2 Å². The average Bonchev–Trinajstić information content (AvgIpc) is 2.76. The molecule has 2 atom stereocenters. The van der Waals surface area contributed by atoms with Crippen LogP contribution in [0.4, 0.5) is 5.69 Å². The first-order valence-electron chi connectivity index (χ1n) is 10.5. The molecule has 1 amide bonds. The first-order valence-corrected chi connectivity index (χ1v) is 11.4. The Hall–Kier alpha value is -2.60. The van der Waals surface area contributed by atoms with E-state index in [1.165, 1.54) is 11.8 Å². The largest absolute Gasteiger partial charge is 0.325 e. The molecule has 158 valence electrons. The van der Waals surface area contributed by atoms with Gasteiger partial charge in [0.1, 0.15) is 0 Å². The highest BCUT2D eigenvalue weighted by molar-refractivity contribution is 8.00. The van der Waals surface area contributed by atoms with Crippen molar-refractivity contribution in [3.63, 3.8) is 0 Å². The fraction of sp³-hybridized carbons (Fsp3) is 0.375. The molecule has 30 heavy (non-hydrogen) atoms. The summed E-state index contributed by atoms with van der Waals surface area (Å²) >= 11 is 1.33. The number of carbonyl (C=O) groups is 1. The van der Waals surface area contributed by atoms with Crippen LogP contribution in [0.15, 0.2) is 58.5 Å². The number of nitrogens with zero attached hydrogens (tertiary/aromatic N) is 2. The predicted molar refractivity (Wildman–Crippen MR) is 125 cm³/mol. The summed E-state index contributed by atoms with van der Waals surface area (Å²) in [6, 6.07) is 15.3. The Morgan fingerprint density at radius 3 is 2.53 bits per heavy atom. The summed E-state index contributed by atoms with van der Waals surface area (Å²) in [5, 5.41) is 3.87. The Morgan fingerprint density at radius 2 is 1.80 bits per heavy atom. The van der Waals surface area contributed by atoms with Gasteiger partial charge in [0.25, 0.3) is 5.56 Å². The van der Waals surface area contributed by atoms with Crippen LogP contribution in [0.1, 0.15) is 52.0 Å². The highest BCUT2D eigenvalue weighted by Crippen LogP contribution is 2.28. The second kappa shape index (κ2) is 9.94. The van der Waals surface area contributed by atoms with Crippen LogP contribution in [0.25, 0.3) is 10.9 Å². The van der Waals surface area contributed by atoms with Gasteiger partial charge in [-0.3, -0.25) is 14.2 Å². The summed E-state index contributed by atoms with van der Waals surface area (Å²) in [6.07, 6.45) is 1.82. The molecule has 0 aliphatic rings. The molecular formula is C24H29N3O2S. The van der Waals surface area contributed by atoms with E-state index in [1.54, 1.807) is 10.6 Å². The molecule has 6 heteroatoms. The van der Waals surface area contributed by atoms with Gasteiger partial charge >= 0.3 is 0 Å². The van der Waals surface area contributed by atoms with Gasteiger partial charge in [0.05, 0.1) is 16.2 Å². The van der Waals surface area contributed by atoms with Crippen molar-refractivity contribution in [2.75, 3.05) is 5.32 Å². The van der Waals surface area contributed by atoms with Crippen molar-refractivity contribution >= 4 is 34.3 Å². The fourth-order valence-electron chi connectivity index (χ4n) is 3.36. The summed E-state index contributed by atoms with van der Waals surface area (Å²) in [4.78, 5) is 30.6. The Labute approximate surface area is 181 Å². The molecule has 0 bridgehead atoms. The fourth-order valence-corrected chi connectivity index (χ4v) is 4.30. The van der Waals surface area contributed by atoms with Crippen molar-refractivity contribution in [2.45, 2.75) is 63.4 Å². The van der Waals surface area contributed by atoms with Crippen molar-refractivity contribution < 1.29 is 4.79 Å². The lowest BCUT2D eigenvalue weighted by atomic mass is 9.97. The number of nitrogens with one attached hydrogen (secondary N) is 1. The molecule has 1 aromatic heterocycles. The third-order valence-corrected chi connectivity index (χ3v) is 6.38. The Kier molecular flexibility index (Phi) is 7.32. The molecule has 1 heterocycles. The monoisotopic (exact) mass is 423 g/mol. The van der Waals surface area contributed by atoms with Gasteiger partial charge in [-0.25, -0.2) is 4.98 Å². The van der Waals surface area contributed by atoms with Crippen LogP contribution in [0.2, 0.25) is 0 Å². The first-order chi connectivity index (χ1) is 14.5. The van der Waals surface area contributed by atoms with Crippen LogP contribution in [0, 0.1) is 0 Å². The zero-order valence-electron chi connectivity index (χ0n) is 18.0. The molecule has 0 aliphatic heterocycles. The molecule has 0 saturated carbocycles. The maximum absolute atomic E-state index is 13.0. The number of para-hydroxylation sites is 2. The summed E-state index contributed by atoms with van der Waals surface area (Å²) in [6.45, 7) is 8.75. The highest BCUT2D eigenvalue weighted by atomic mass is 32.2. The van der Waals surface area contributed by atoms with Crippen molar-refractivity contribution in [1.29, 1.82) is 0 Å². The number of carbonyl (C=O) groups excluding carboxylic acids is 1. The van der Waals surface area contributed by atoms with Crippen molar-refractivity contribution in [3.8, 4) is 0 Å². The maximum Gasteiger partial charge on any atom is 0.262 e. The number of aromatic nitrogens is 2. The topological polar surface area (TPSA) is 64.0 Å². The van der Waals surface area contributed by atoms with E-state index < -0.39 is 5.25 Å². The number of amides is 1. The van der Waals surface area contributed by atoms with E-state index in [0.717, 1.165) is 24.1 Å². The Balaban J connectivity index is 1.86. The molecule has 0 radical (unpaired) electrons. The summed E-state index contributed by atoms with van der Waals surface area (Å²) in [7, 11) is 0. The number of anilines is 1. The van der Waals surface area contributed by atoms with Gasteiger partial charge in [0.15, 0.2) is 5.16 Å². The average molecular weight is 424 g/mol. The van der Waals surface area contributed by atoms with Gasteiger partial charge in [-0.05, 0) is 49.4 Å². The SMILES string of the molecule is CCCn1c(S[C@H](C)C(=O)Nc2ccccc2[C@@H](C)CC)nc2ccccc2c1=O. The predicted octanol–water partition coefficient (Wildman–Crippen LogP) is 5.44. The summed E-state index contributed by atoms with van der Waals surface area (Å²) in [5.74, 6) is 0.266. The van der Waals surface area contributed by atoms with E-state index >= 15 is 0 Å². The molecule has 0 aliphatic carbocycles. The third kappa shape index (κ3) is 4.75. The van der Waals surface area contributed by atoms with Crippen LogP contribution in [-0.2, 0) is 11.3 Å². The van der Waals surface area contributed by atoms with Crippen LogP contribution in [0.3, 0.4) is 0 Å². The first kappa shape index (κ1) is 22.1. The van der Waals surface area contributed by atoms with Gasteiger partial charge in [-0.15, -0.1) is 0 Å². The molecule has 0 unspecified atom stereocenters. The van der Waals surface area contributed by atoms with Crippen molar-refractivity contribution in [3.05, 3.63) is 64.4 Å². The smallest absolute Gasteiger partial charge is 0.262 e. The maximum atomic E-state index is 13.0. The van der Waals surface area contributed by atoms with Gasteiger partial charge in [-0.2, -0.15) is 0 Å². The molecule has 5 nitrogen and oxygen atoms in total. The van der Waals surface area contributed by atoms with Crippen LogP contribution >= 0.6 is 11.8 Å². The number of benzene rings is 2. The van der Waals surface area contributed by atoms with E-state index in [0.29, 0.717) is 28.5 Å². The van der Waals surface area contributed by atoms with Gasteiger partial charge in [-0.1, -0.05) is 62.9 Å². The van der Waals surface area contributed by atoms with Crippen molar-refractivity contribution in [2.24, 2.45) is 0 Å². The van der Waals surface area contributed by atoms with E-state index in [2.05, 4.69) is 30.2 Å². The molecule has 3 rings (SSSR count).